The standard InChI is InChI=1S/C25H27F2N3O2/c1-2-30(16-11-20-17(25(28)31)5-6-21(27)24(20)32-13-16)12-14-3-7-22-18(9-14)19-10-15(26)4-8-23(19)29-22/h4-6,10,14,16H,2-3,7-9,11-13H2,1H3,(H2,28,31). The first-order valence-electron chi connectivity index (χ1n) is 11.3. The highest BCUT2D eigenvalue weighted by atomic mass is 19.1. The first-order valence-corrected chi connectivity index (χ1v) is 11.3. The minimum atomic E-state index is -0.570. The van der Waals surface area contributed by atoms with E-state index in [-0.39, 0.29) is 17.6 Å². The number of primary amides is 1. The fraction of sp³-hybridized carbons (Fsp3) is 0.440. The molecule has 7 heteroatoms. The van der Waals surface area contributed by atoms with Gasteiger partial charge >= 0.3 is 0 Å². The van der Waals surface area contributed by atoms with E-state index in [0.717, 1.165) is 49.3 Å². The first-order chi connectivity index (χ1) is 15.4. The first kappa shape index (κ1) is 21.1. The SMILES string of the molecule is CCN(CC1CCC2=C(C1)C1=CC(F)=CCC1=N2)C1COc2c(F)ccc(C(N)=O)c2C1. The molecule has 0 radical (unpaired) electrons. The summed E-state index contributed by atoms with van der Waals surface area (Å²) < 4.78 is 33.9. The summed E-state index contributed by atoms with van der Waals surface area (Å²) >= 11 is 0. The number of halogens is 2. The molecule has 0 bridgehead atoms. The van der Waals surface area contributed by atoms with E-state index in [0.29, 0.717) is 36.5 Å². The molecule has 0 saturated heterocycles. The van der Waals surface area contributed by atoms with Crippen LogP contribution in [0, 0.1) is 11.7 Å². The van der Waals surface area contributed by atoms with E-state index in [4.69, 9.17) is 15.5 Å². The lowest BCUT2D eigenvalue weighted by atomic mass is 9.82. The van der Waals surface area contributed by atoms with Crippen LogP contribution < -0.4 is 10.5 Å². The normalized spacial score (nSPS) is 24.2. The molecule has 2 aliphatic carbocycles. The number of benzene rings is 1. The number of hydrogen-bond acceptors (Lipinski definition) is 4. The van der Waals surface area contributed by atoms with Gasteiger partial charge in [-0.1, -0.05) is 6.92 Å². The minimum absolute atomic E-state index is 0.0347. The molecule has 0 spiro atoms. The van der Waals surface area contributed by atoms with E-state index in [1.807, 2.05) is 0 Å². The average molecular weight is 440 g/mol. The molecule has 0 aromatic heterocycles. The Morgan fingerprint density at radius 3 is 2.94 bits per heavy atom. The van der Waals surface area contributed by atoms with Gasteiger partial charge in [-0.25, -0.2) is 8.78 Å². The van der Waals surface area contributed by atoms with Gasteiger partial charge in [-0.05, 0) is 68.0 Å². The molecule has 1 amide bonds. The maximum Gasteiger partial charge on any atom is 0.249 e. The van der Waals surface area contributed by atoms with Crippen molar-refractivity contribution in [2.45, 2.75) is 45.1 Å². The molecule has 1 aromatic rings. The maximum absolute atomic E-state index is 14.2. The Morgan fingerprint density at radius 2 is 2.16 bits per heavy atom. The largest absolute Gasteiger partial charge is 0.489 e. The Kier molecular flexibility index (Phi) is 5.45. The summed E-state index contributed by atoms with van der Waals surface area (Å²) in [5, 5.41) is 0. The van der Waals surface area contributed by atoms with Gasteiger partial charge in [0.25, 0.3) is 0 Å². The topological polar surface area (TPSA) is 67.9 Å². The van der Waals surface area contributed by atoms with Gasteiger partial charge in [0.2, 0.25) is 5.91 Å². The number of allylic oxidation sites excluding steroid dienone is 6. The van der Waals surface area contributed by atoms with Crippen LogP contribution in [0.4, 0.5) is 8.78 Å². The highest BCUT2D eigenvalue weighted by Crippen LogP contribution is 2.42. The molecule has 2 heterocycles. The number of hydrogen-bond donors (Lipinski definition) is 1. The summed E-state index contributed by atoms with van der Waals surface area (Å²) in [5.41, 5.74) is 10.7. The van der Waals surface area contributed by atoms with Crippen LogP contribution in [0.25, 0.3) is 0 Å². The maximum atomic E-state index is 14.2. The van der Waals surface area contributed by atoms with Gasteiger partial charge in [0.15, 0.2) is 11.6 Å². The number of carbonyl (C=O) groups excluding carboxylic acids is 1. The molecule has 168 valence electrons. The van der Waals surface area contributed by atoms with Gasteiger partial charge in [-0.15, -0.1) is 0 Å². The number of amides is 1. The zero-order chi connectivity index (χ0) is 22.4. The summed E-state index contributed by atoms with van der Waals surface area (Å²) in [6, 6.07) is 2.71. The molecule has 2 atom stereocenters. The lowest BCUT2D eigenvalue weighted by Crippen LogP contribution is -2.46. The molecule has 0 fully saturated rings. The Morgan fingerprint density at radius 1 is 1.31 bits per heavy atom. The third-order valence-electron chi connectivity index (χ3n) is 7.06. The fourth-order valence-corrected chi connectivity index (χ4v) is 5.42. The molecular weight excluding hydrogens is 412 g/mol. The predicted octanol–water partition coefficient (Wildman–Crippen LogP) is 4.24. The van der Waals surface area contributed by atoms with Crippen molar-refractivity contribution in [3.8, 4) is 5.75 Å². The third-order valence-corrected chi connectivity index (χ3v) is 7.06. The Labute approximate surface area is 186 Å². The van der Waals surface area contributed by atoms with Gasteiger partial charge < -0.3 is 10.5 Å². The second kappa shape index (κ2) is 8.28. The van der Waals surface area contributed by atoms with E-state index in [2.05, 4.69) is 11.8 Å². The number of ether oxygens (including phenoxy) is 1. The van der Waals surface area contributed by atoms with Crippen LogP contribution in [0.2, 0.25) is 0 Å². The van der Waals surface area contributed by atoms with Crippen molar-refractivity contribution in [3.05, 3.63) is 63.9 Å². The molecule has 4 aliphatic rings. The van der Waals surface area contributed by atoms with Crippen molar-refractivity contribution in [2.24, 2.45) is 16.6 Å². The number of carbonyl (C=O) groups is 1. The zero-order valence-electron chi connectivity index (χ0n) is 18.2. The van der Waals surface area contributed by atoms with Crippen molar-refractivity contribution >= 4 is 11.6 Å². The third kappa shape index (κ3) is 3.68. The Hall–Kier alpha value is -2.80. The molecule has 0 saturated carbocycles. The second-order valence-electron chi connectivity index (χ2n) is 8.97. The van der Waals surface area contributed by atoms with Gasteiger partial charge in [-0.2, -0.15) is 0 Å². The van der Waals surface area contributed by atoms with Crippen LogP contribution in [0.1, 0.15) is 48.5 Å². The number of nitrogens with two attached hydrogens (primary N) is 1. The van der Waals surface area contributed by atoms with E-state index in [9.17, 15) is 13.6 Å². The van der Waals surface area contributed by atoms with E-state index in [1.165, 1.54) is 17.7 Å². The van der Waals surface area contributed by atoms with Crippen LogP contribution in [0.15, 0.2) is 51.9 Å². The molecule has 32 heavy (non-hydrogen) atoms. The molecule has 1 aromatic carbocycles. The summed E-state index contributed by atoms with van der Waals surface area (Å²) in [5.74, 6) is -0.643. The lowest BCUT2D eigenvalue weighted by Gasteiger charge is -2.38. The fourth-order valence-electron chi connectivity index (χ4n) is 5.42. The lowest BCUT2D eigenvalue weighted by molar-refractivity contribution is 0.0964. The molecule has 5 nitrogen and oxygen atoms in total. The quantitative estimate of drug-likeness (QED) is 0.746. The van der Waals surface area contributed by atoms with Crippen LogP contribution >= 0.6 is 0 Å². The summed E-state index contributed by atoms with van der Waals surface area (Å²) in [6.45, 7) is 4.15. The summed E-state index contributed by atoms with van der Waals surface area (Å²) in [4.78, 5) is 19.0. The summed E-state index contributed by atoms with van der Waals surface area (Å²) in [6.07, 6.45) is 7.10. The van der Waals surface area contributed by atoms with Crippen molar-refractivity contribution in [1.29, 1.82) is 0 Å². The molecular formula is C25H27F2N3O2. The van der Waals surface area contributed by atoms with Crippen molar-refractivity contribution in [1.82, 2.24) is 4.90 Å². The minimum Gasteiger partial charge on any atom is -0.489 e. The van der Waals surface area contributed by atoms with Crippen LogP contribution in [-0.2, 0) is 6.42 Å². The van der Waals surface area contributed by atoms with Crippen molar-refractivity contribution in [2.75, 3.05) is 19.7 Å². The monoisotopic (exact) mass is 439 g/mol. The highest BCUT2D eigenvalue weighted by molar-refractivity contribution is 6.09. The van der Waals surface area contributed by atoms with Crippen molar-refractivity contribution in [3.63, 3.8) is 0 Å². The number of rotatable bonds is 5. The Balaban J connectivity index is 1.31. The van der Waals surface area contributed by atoms with Crippen LogP contribution in [0.5, 0.6) is 5.75 Å². The number of fused-ring (bicyclic) bond motifs is 3. The zero-order valence-corrected chi connectivity index (χ0v) is 18.2. The molecule has 2 aliphatic heterocycles. The van der Waals surface area contributed by atoms with Crippen LogP contribution in [0.3, 0.4) is 0 Å². The molecule has 2 N–H and O–H groups in total. The van der Waals surface area contributed by atoms with E-state index >= 15 is 0 Å². The average Bonchev–Trinajstić information content (AvgIpc) is 3.14. The van der Waals surface area contributed by atoms with Crippen molar-refractivity contribution < 1.29 is 18.3 Å². The van der Waals surface area contributed by atoms with Gasteiger partial charge in [0.05, 0.1) is 5.71 Å². The smallest absolute Gasteiger partial charge is 0.249 e. The van der Waals surface area contributed by atoms with Gasteiger partial charge in [0.1, 0.15) is 12.4 Å². The van der Waals surface area contributed by atoms with E-state index in [1.54, 1.807) is 12.2 Å². The molecule has 2 unspecified atom stereocenters. The summed E-state index contributed by atoms with van der Waals surface area (Å²) in [7, 11) is 0. The predicted molar refractivity (Wildman–Crippen MR) is 119 cm³/mol. The van der Waals surface area contributed by atoms with Gasteiger partial charge in [-0.3, -0.25) is 14.7 Å². The number of nitrogens with zero attached hydrogens (tertiary/aromatic N) is 2. The van der Waals surface area contributed by atoms with E-state index < -0.39 is 11.7 Å². The number of likely N-dealkylation sites (N-methyl/N-ethyl adjacent to an activating group) is 1. The highest BCUT2D eigenvalue weighted by Gasteiger charge is 2.34. The number of aliphatic imine (C=N–C) groups is 1. The van der Waals surface area contributed by atoms with Crippen LogP contribution in [-0.4, -0.2) is 42.3 Å². The Bertz CT molecular complexity index is 1100. The molecule has 5 rings (SSSR count). The van der Waals surface area contributed by atoms with Gasteiger partial charge in [0, 0.05) is 41.4 Å². The second-order valence-corrected chi connectivity index (χ2v) is 8.97.